The molecule has 0 amide bonds. The maximum Gasteiger partial charge on any atom is 0.313 e. The van der Waals surface area contributed by atoms with E-state index >= 15 is 0 Å². The van der Waals surface area contributed by atoms with Crippen molar-refractivity contribution in [3.63, 3.8) is 0 Å². The molecule has 2 aromatic rings. The van der Waals surface area contributed by atoms with Gasteiger partial charge < -0.3 is 11.1 Å². The van der Waals surface area contributed by atoms with Crippen molar-refractivity contribution in [3.05, 3.63) is 35.2 Å². The van der Waals surface area contributed by atoms with Crippen LogP contribution in [0.4, 0.5) is 26.0 Å². The summed E-state index contributed by atoms with van der Waals surface area (Å²) in [6, 6.07) is 3.35. The van der Waals surface area contributed by atoms with Crippen molar-refractivity contribution >= 4 is 38.9 Å². The summed E-state index contributed by atoms with van der Waals surface area (Å²) in [6.07, 6.45) is -1.41. The smallest absolute Gasteiger partial charge is 0.313 e. The average Bonchev–Trinajstić information content (AvgIpc) is 2.34. The Kier molecular flexibility index (Phi) is 3.94. The Labute approximate surface area is 122 Å². The molecule has 11 heteroatoms. The predicted molar refractivity (Wildman–Crippen MR) is 70.9 cm³/mol. The minimum atomic E-state index is -4.60. The minimum Gasteiger partial charge on any atom is -0.399 e. The van der Waals surface area contributed by atoms with Gasteiger partial charge in [0.05, 0.1) is 5.69 Å². The first kappa shape index (κ1) is 15.4. The highest BCUT2D eigenvalue weighted by molar-refractivity contribution is 7.86. The number of rotatable bonds is 3. The predicted octanol–water partition coefficient (Wildman–Crippen LogP) is 1.98. The number of nitrogen functional groups attached to an aromatic ring is 1. The third kappa shape index (κ3) is 3.35. The molecule has 0 bridgehead atoms. The molecule has 1 aromatic heterocycles. The number of anilines is 3. The fourth-order valence-electron chi connectivity index (χ4n) is 1.47. The lowest BCUT2D eigenvalue weighted by Crippen LogP contribution is -2.07. The number of benzene rings is 1. The fraction of sp³-hybridized carbons (Fsp3) is 0. The third-order valence-electron chi connectivity index (χ3n) is 2.32. The Hall–Kier alpha value is -2.04. The molecule has 1 aromatic carbocycles. The quantitative estimate of drug-likeness (QED) is 0.339. The zero-order valence-electron chi connectivity index (χ0n) is 10.0. The molecule has 0 saturated carbocycles. The minimum absolute atomic E-state index is 0.135. The number of hydrogen-bond acceptors (Lipinski definition) is 6. The number of nitrogens with two attached hydrogens (primary N) is 1. The molecule has 0 fully saturated rings. The Morgan fingerprint density at radius 3 is 2.57 bits per heavy atom. The molecule has 4 N–H and O–H groups in total. The van der Waals surface area contributed by atoms with Gasteiger partial charge >= 0.3 is 6.08 Å². The summed E-state index contributed by atoms with van der Waals surface area (Å²) >= 11 is 5.55. The Morgan fingerprint density at radius 2 is 1.95 bits per heavy atom. The van der Waals surface area contributed by atoms with Gasteiger partial charge in [-0.25, -0.2) is 0 Å². The van der Waals surface area contributed by atoms with Gasteiger partial charge in [0.1, 0.15) is 9.92 Å². The summed E-state index contributed by atoms with van der Waals surface area (Å²) in [5, 5.41) is 1.63. The van der Waals surface area contributed by atoms with E-state index in [1.165, 1.54) is 6.07 Å². The van der Waals surface area contributed by atoms with Crippen LogP contribution in [-0.4, -0.2) is 22.9 Å². The normalized spacial score (nSPS) is 11.4. The molecular formula is C10H7ClF2N4O3S. The van der Waals surface area contributed by atoms with E-state index in [4.69, 9.17) is 21.9 Å². The average molecular weight is 337 g/mol. The lowest BCUT2D eigenvalue weighted by molar-refractivity contribution is 0.483. The molecule has 0 atom stereocenters. The van der Waals surface area contributed by atoms with E-state index in [9.17, 15) is 17.2 Å². The van der Waals surface area contributed by atoms with Crippen molar-refractivity contribution in [1.82, 2.24) is 9.97 Å². The molecule has 2 rings (SSSR count). The standard InChI is InChI=1S/C10H7ClF2N4O3S/c11-7-8(12)16-10(13)17-9(7)15-5-3-4(14)1-2-6(5)21(18,19)20/h1-3H,14H2,(H,15,16,17)(H,18,19,20). The number of nitrogens with one attached hydrogen (secondary N) is 1. The summed E-state index contributed by atoms with van der Waals surface area (Å²) in [5.41, 5.74) is 5.37. The molecule has 1 heterocycles. The largest absolute Gasteiger partial charge is 0.399 e. The lowest BCUT2D eigenvalue weighted by atomic mass is 10.3. The van der Waals surface area contributed by atoms with Gasteiger partial charge in [0.15, 0.2) is 5.82 Å². The van der Waals surface area contributed by atoms with Crippen LogP contribution in [0.15, 0.2) is 23.1 Å². The molecule has 0 radical (unpaired) electrons. The van der Waals surface area contributed by atoms with E-state index in [0.717, 1.165) is 12.1 Å². The van der Waals surface area contributed by atoms with Gasteiger partial charge in [0.2, 0.25) is 5.95 Å². The van der Waals surface area contributed by atoms with Crippen molar-refractivity contribution in [3.8, 4) is 0 Å². The summed E-state index contributed by atoms with van der Waals surface area (Å²) < 4.78 is 57.7. The van der Waals surface area contributed by atoms with Crippen molar-refractivity contribution < 1.29 is 21.8 Å². The van der Waals surface area contributed by atoms with E-state index in [2.05, 4.69) is 15.3 Å². The van der Waals surface area contributed by atoms with Crippen LogP contribution < -0.4 is 11.1 Å². The van der Waals surface area contributed by atoms with Gasteiger partial charge in [-0.2, -0.15) is 27.2 Å². The molecule has 0 saturated heterocycles. The van der Waals surface area contributed by atoms with Crippen LogP contribution in [-0.2, 0) is 10.1 Å². The van der Waals surface area contributed by atoms with E-state index < -0.39 is 37.9 Å². The molecule has 0 aliphatic carbocycles. The SMILES string of the molecule is Nc1ccc(S(=O)(=O)O)c(Nc2nc(F)nc(F)c2Cl)c1. The van der Waals surface area contributed by atoms with Crippen LogP contribution in [0, 0.1) is 12.0 Å². The van der Waals surface area contributed by atoms with Gasteiger partial charge in [-0.3, -0.25) is 4.55 Å². The summed E-state index contributed by atoms with van der Waals surface area (Å²) in [4.78, 5) is 5.40. The van der Waals surface area contributed by atoms with E-state index in [1.807, 2.05) is 0 Å². The molecule has 0 aliphatic heterocycles. The maximum atomic E-state index is 13.2. The van der Waals surface area contributed by atoms with E-state index in [-0.39, 0.29) is 11.4 Å². The lowest BCUT2D eigenvalue weighted by Gasteiger charge is -2.11. The Bertz CT molecular complexity index is 816. The number of nitrogens with zero attached hydrogens (tertiary/aromatic N) is 2. The summed E-state index contributed by atoms with van der Waals surface area (Å²) in [5.74, 6) is -1.85. The van der Waals surface area contributed by atoms with Crippen LogP contribution >= 0.6 is 11.6 Å². The highest BCUT2D eigenvalue weighted by Gasteiger charge is 2.19. The fourth-order valence-corrected chi connectivity index (χ4v) is 2.23. The summed E-state index contributed by atoms with van der Waals surface area (Å²) in [7, 11) is -4.60. The van der Waals surface area contributed by atoms with Crippen molar-refractivity contribution in [2.24, 2.45) is 0 Å². The molecule has 0 spiro atoms. The van der Waals surface area contributed by atoms with Gasteiger partial charge in [-0.15, -0.1) is 0 Å². The zero-order valence-corrected chi connectivity index (χ0v) is 11.6. The molecule has 0 aliphatic rings. The summed E-state index contributed by atoms with van der Waals surface area (Å²) in [6.45, 7) is 0. The van der Waals surface area contributed by atoms with Crippen molar-refractivity contribution in [2.75, 3.05) is 11.1 Å². The van der Waals surface area contributed by atoms with Gasteiger partial charge in [-0.05, 0) is 18.2 Å². The number of halogens is 3. The van der Waals surface area contributed by atoms with Crippen LogP contribution in [0.5, 0.6) is 0 Å². The molecule has 7 nitrogen and oxygen atoms in total. The van der Waals surface area contributed by atoms with Gasteiger partial charge in [-0.1, -0.05) is 11.6 Å². The van der Waals surface area contributed by atoms with E-state index in [0.29, 0.717) is 0 Å². The van der Waals surface area contributed by atoms with Crippen LogP contribution in [0.3, 0.4) is 0 Å². The monoisotopic (exact) mass is 336 g/mol. The molecule has 21 heavy (non-hydrogen) atoms. The van der Waals surface area contributed by atoms with Gasteiger partial charge in [0.25, 0.3) is 10.1 Å². The first-order valence-corrected chi connectivity index (χ1v) is 7.03. The van der Waals surface area contributed by atoms with Crippen LogP contribution in [0.1, 0.15) is 0 Å². The van der Waals surface area contributed by atoms with Crippen molar-refractivity contribution in [2.45, 2.75) is 4.90 Å². The Morgan fingerprint density at radius 1 is 1.29 bits per heavy atom. The van der Waals surface area contributed by atoms with Crippen LogP contribution in [0.2, 0.25) is 5.02 Å². The third-order valence-corrected chi connectivity index (χ3v) is 3.56. The van der Waals surface area contributed by atoms with Crippen LogP contribution in [0.25, 0.3) is 0 Å². The molecular weight excluding hydrogens is 330 g/mol. The Balaban J connectivity index is 2.57. The van der Waals surface area contributed by atoms with Crippen molar-refractivity contribution in [1.29, 1.82) is 0 Å². The second-order valence-electron chi connectivity index (χ2n) is 3.80. The first-order chi connectivity index (χ1) is 9.68. The zero-order chi connectivity index (χ0) is 15.8. The second kappa shape index (κ2) is 5.39. The number of hydrogen-bond donors (Lipinski definition) is 3. The van der Waals surface area contributed by atoms with Gasteiger partial charge in [0, 0.05) is 5.69 Å². The molecule has 112 valence electrons. The number of aromatic nitrogens is 2. The highest BCUT2D eigenvalue weighted by Crippen LogP contribution is 2.30. The topological polar surface area (TPSA) is 118 Å². The van der Waals surface area contributed by atoms with E-state index in [1.54, 1.807) is 0 Å². The highest BCUT2D eigenvalue weighted by atomic mass is 35.5. The first-order valence-electron chi connectivity index (χ1n) is 5.21. The maximum absolute atomic E-state index is 13.2. The second-order valence-corrected chi connectivity index (χ2v) is 5.57. The molecule has 0 unspecified atom stereocenters.